The number of aromatic nitrogens is 2. The van der Waals surface area contributed by atoms with Crippen molar-refractivity contribution in [3.63, 3.8) is 0 Å². The summed E-state index contributed by atoms with van der Waals surface area (Å²) in [5.74, 6) is 0. The van der Waals surface area contributed by atoms with Crippen molar-refractivity contribution in [2.24, 2.45) is 0 Å². The maximum absolute atomic E-state index is 10.5. The van der Waals surface area contributed by atoms with E-state index in [1.165, 1.54) is 6.20 Å². The summed E-state index contributed by atoms with van der Waals surface area (Å²) >= 11 is 6.07. The number of nitrogens with zero attached hydrogens (tertiary/aromatic N) is 2. The van der Waals surface area contributed by atoms with Crippen LogP contribution < -0.4 is 0 Å². The highest BCUT2D eigenvalue weighted by molar-refractivity contribution is 6.31. The first-order valence-electron chi connectivity index (χ1n) is 5.41. The highest BCUT2D eigenvalue weighted by atomic mass is 35.5. The molecule has 0 aliphatic carbocycles. The lowest BCUT2D eigenvalue weighted by Crippen LogP contribution is -2.38. The van der Waals surface area contributed by atoms with Crippen molar-refractivity contribution < 1.29 is 14.6 Å². The molecule has 0 saturated carbocycles. The standard InChI is InChI=1S/C11H19ClN2O3/c1-8(17-4)11(2,15)10-9(12)7-13-14(10)5-6-16-3/h7-8,15H,5-6H2,1-4H3. The van der Waals surface area contributed by atoms with Crippen LogP contribution in [0.25, 0.3) is 0 Å². The number of hydrogen-bond acceptors (Lipinski definition) is 4. The van der Waals surface area contributed by atoms with Gasteiger partial charge in [0, 0.05) is 14.2 Å². The first-order chi connectivity index (χ1) is 7.95. The normalized spacial score (nSPS) is 16.8. The summed E-state index contributed by atoms with van der Waals surface area (Å²) in [6.07, 6.45) is 1.13. The third kappa shape index (κ3) is 2.98. The van der Waals surface area contributed by atoms with Crippen molar-refractivity contribution in [2.45, 2.75) is 32.1 Å². The number of hydrogen-bond donors (Lipinski definition) is 1. The van der Waals surface area contributed by atoms with Crippen molar-refractivity contribution in [2.75, 3.05) is 20.8 Å². The van der Waals surface area contributed by atoms with Gasteiger partial charge in [0.2, 0.25) is 0 Å². The first kappa shape index (κ1) is 14.4. The van der Waals surface area contributed by atoms with Crippen molar-refractivity contribution in [3.8, 4) is 0 Å². The van der Waals surface area contributed by atoms with E-state index in [0.29, 0.717) is 23.9 Å². The van der Waals surface area contributed by atoms with E-state index in [1.54, 1.807) is 32.7 Å². The summed E-state index contributed by atoms with van der Waals surface area (Å²) in [6, 6.07) is 0. The van der Waals surface area contributed by atoms with Crippen LogP contribution in [0.15, 0.2) is 6.20 Å². The Labute approximate surface area is 106 Å². The molecule has 0 saturated heterocycles. The zero-order valence-electron chi connectivity index (χ0n) is 10.6. The van der Waals surface area contributed by atoms with Gasteiger partial charge in [0.05, 0.1) is 36.2 Å². The van der Waals surface area contributed by atoms with Crippen molar-refractivity contribution in [1.82, 2.24) is 9.78 Å². The molecule has 0 bridgehead atoms. The molecule has 1 aromatic heterocycles. The minimum absolute atomic E-state index is 0.391. The van der Waals surface area contributed by atoms with Crippen LogP contribution in [0.3, 0.4) is 0 Å². The Bertz CT molecular complexity index is 366. The molecule has 1 aromatic rings. The predicted molar refractivity (Wildman–Crippen MR) is 65.2 cm³/mol. The molecule has 98 valence electrons. The molecule has 0 radical (unpaired) electrons. The van der Waals surface area contributed by atoms with Gasteiger partial charge in [-0.3, -0.25) is 4.68 Å². The molecule has 0 fully saturated rings. The monoisotopic (exact) mass is 262 g/mol. The summed E-state index contributed by atoms with van der Waals surface area (Å²) in [5, 5.41) is 15.0. The lowest BCUT2D eigenvalue weighted by Gasteiger charge is -2.30. The van der Waals surface area contributed by atoms with Gasteiger partial charge in [0.15, 0.2) is 0 Å². The van der Waals surface area contributed by atoms with Gasteiger partial charge < -0.3 is 14.6 Å². The van der Waals surface area contributed by atoms with E-state index < -0.39 is 11.7 Å². The molecule has 0 aliphatic heterocycles. The third-order valence-corrected chi connectivity index (χ3v) is 3.20. The van der Waals surface area contributed by atoms with E-state index in [4.69, 9.17) is 21.1 Å². The van der Waals surface area contributed by atoms with Crippen LogP contribution in [-0.4, -0.2) is 41.8 Å². The van der Waals surface area contributed by atoms with Crippen LogP contribution in [0.1, 0.15) is 19.5 Å². The fourth-order valence-electron chi connectivity index (χ4n) is 1.63. The minimum atomic E-state index is -1.20. The zero-order valence-corrected chi connectivity index (χ0v) is 11.4. The molecule has 17 heavy (non-hydrogen) atoms. The van der Waals surface area contributed by atoms with Gasteiger partial charge in [-0.25, -0.2) is 0 Å². The van der Waals surface area contributed by atoms with Gasteiger partial charge in [-0.05, 0) is 13.8 Å². The van der Waals surface area contributed by atoms with E-state index in [0.717, 1.165) is 0 Å². The SMILES string of the molecule is COCCn1ncc(Cl)c1C(C)(O)C(C)OC. The van der Waals surface area contributed by atoms with Gasteiger partial charge in [0.25, 0.3) is 0 Å². The zero-order chi connectivity index (χ0) is 13.1. The van der Waals surface area contributed by atoms with Gasteiger partial charge >= 0.3 is 0 Å². The molecule has 1 heterocycles. The van der Waals surface area contributed by atoms with E-state index in [2.05, 4.69) is 5.10 Å². The second kappa shape index (κ2) is 5.82. The van der Waals surface area contributed by atoms with Crippen molar-refractivity contribution in [1.29, 1.82) is 0 Å². The van der Waals surface area contributed by atoms with E-state index >= 15 is 0 Å². The minimum Gasteiger partial charge on any atom is -0.383 e. The van der Waals surface area contributed by atoms with E-state index in [9.17, 15) is 5.11 Å². The third-order valence-electron chi connectivity index (χ3n) is 2.93. The summed E-state index contributed by atoms with van der Waals surface area (Å²) in [4.78, 5) is 0. The molecule has 0 spiro atoms. The smallest absolute Gasteiger partial charge is 0.131 e. The Balaban J connectivity index is 3.06. The second-order valence-electron chi connectivity index (χ2n) is 4.08. The fourth-order valence-corrected chi connectivity index (χ4v) is 1.97. The number of halogens is 1. The molecule has 5 nitrogen and oxygen atoms in total. The molecule has 2 atom stereocenters. The summed E-state index contributed by atoms with van der Waals surface area (Å²) < 4.78 is 11.8. The maximum atomic E-state index is 10.5. The van der Waals surface area contributed by atoms with Crippen LogP contribution >= 0.6 is 11.6 Å². The first-order valence-corrected chi connectivity index (χ1v) is 5.78. The number of rotatable bonds is 6. The van der Waals surface area contributed by atoms with Gasteiger partial charge in [-0.15, -0.1) is 0 Å². The quantitative estimate of drug-likeness (QED) is 0.843. The second-order valence-corrected chi connectivity index (χ2v) is 4.49. The average Bonchev–Trinajstić information content (AvgIpc) is 2.67. The molecule has 6 heteroatoms. The maximum Gasteiger partial charge on any atom is 0.131 e. The molecule has 1 N–H and O–H groups in total. The topological polar surface area (TPSA) is 56.5 Å². The summed E-state index contributed by atoms with van der Waals surface area (Å²) in [5.41, 5.74) is -0.652. The van der Waals surface area contributed by atoms with Crippen molar-refractivity contribution >= 4 is 11.6 Å². The summed E-state index contributed by atoms with van der Waals surface area (Å²) in [6.45, 7) is 4.48. The number of methoxy groups -OCH3 is 2. The predicted octanol–water partition coefficient (Wildman–Crippen LogP) is 1.43. The molecule has 0 aromatic carbocycles. The summed E-state index contributed by atoms with van der Waals surface area (Å²) in [7, 11) is 3.16. The Hall–Kier alpha value is -0.620. The largest absolute Gasteiger partial charge is 0.383 e. The molecule has 0 aliphatic rings. The van der Waals surface area contributed by atoms with Gasteiger partial charge in [-0.2, -0.15) is 5.10 Å². The molecule has 2 unspecified atom stereocenters. The Kier molecular flexibility index (Phi) is 4.94. The highest BCUT2D eigenvalue weighted by Gasteiger charge is 2.36. The highest BCUT2D eigenvalue weighted by Crippen LogP contribution is 2.31. The van der Waals surface area contributed by atoms with E-state index in [-0.39, 0.29) is 0 Å². The Morgan fingerprint density at radius 1 is 1.59 bits per heavy atom. The fraction of sp³-hybridized carbons (Fsp3) is 0.727. The lowest BCUT2D eigenvalue weighted by atomic mass is 9.96. The number of ether oxygens (including phenoxy) is 2. The van der Waals surface area contributed by atoms with Crippen LogP contribution in [-0.2, 0) is 21.6 Å². The lowest BCUT2D eigenvalue weighted by molar-refractivity contribution is -0.0825. The molecule has 0 amide bonds. The average molecular weight is 263 g/mol. The van der Waals surface area contributed by atoms with Crippen LogP contribution in [0.4, 0.5) is 0 Å². The van der Waals surface area contributed by atoms with E-state index in [1.807, 2.05) is 0 Å². The molecular formula is C11H19ClN2O3. The number of aliphatic hydroxyl groups is 1. The van der Waals surface area contributed by atoms with Gasteiger partial charge in [-0.1, -0.05) is 11.6 Å². The van der Waals surface area contributed by atoms with Crippen LogP contribution in [0.2, 0.25) is 5.02 Å². The Morgan fingerprint density at radius 3 is 2.76 bits per heavy atom. The van der Waals surface area contributed by atoms with Crippen molar-refractivity contribution in [3.05, 3.63) is 16.9 Å². The van der Waals surface area contributed by atoms with Crippen LogP contribution in [0, 0.1) is 0 Å². The molecule has 1 rings (SSSR count). The van der Waals surface area contributed by atoms with Gasteiger partial charge in [0.1, 0.15) is 5.60 Å². The Morgan fingerprint density at radius 2 is 2.24 bits per heavy atom. The molecular weight excluding hydrogens is 244 g/mol. The van der Waals surface area contributed by atoms with Crippen LogP contribution in [0.5, 0.6) is 0 Å².